The predicted molar refractivity (Wildman–Crippen MR) is 71.4 cm³/mol. The number of carbonyl (C=O) groups is 1. The van der Waals surface area contributed by atoms with E-state index >= 15 is 0 Å². The van der Waals surface area contributed by atoms with Crippen LogP contribution in [0.5, 0.6) is 0 Å². The van der Waals surface area contributed by atoms with Crippen LogP contribution in [-0.2, 0) is 4.79 Å². The van der Waals surface area contributed by atoms with Gasteiger partial charge in [0.25, 0.3) is 0 Å². The maximum absolute atomic E-state index is 12.1. The highest BCUT2D eigenvalue weighted by atomic mass is 16.1. The Morgan fingerprint density at radius 3 is 3.00 bits per heavy atom. The van der Waals surface area contributed by atoms with Crippen LogP contribution in [0.25, 0.3) is 0 Å². The molecule has 0 saturated carbocycles. The Bertz CT molecular complexity index is 400. The van der Waals surface area contributed by atoms with Crippen molar-refractivity contribution in [2.24, 2.45) is 5.92 Å². The van der Waals surface area contributed by atoms with E-state index in [9.17, 15) is 4.79 Å². The highest BCUT2D eigenvalue weighted by Gasteiger charge is 2.25. The second-order valence-electron chi connectivity index (χ2n) is 5.03. The fourth-order valence-electron chi connectivity index (χ4n) is 2.58. The highest BCUT2D eigenvalue weighted by molar-refractivity contribution is 5.82. The van der Waals surface area contributed by atoms with Crippen LogP contribution in [-0.4, -0.2) is 12.3 Å². The summed E-state index contributed by atoms with van der Waals surface area (Å²) in [5, 5.41) is 3.37. The minimum Gasteiger partial charge on any atom is -0.384 e. The van der Waals surface area contributed by atoms with Crippen molar-refractivity contribution in [3.05, 3.63) is 29.8 Å². The monoisotopic (exact) mass is 231 g/mol. The molecule has 1 N–H and O–H groups in total. The van der Waals surface area contributed by atoms with E-state index in [2.05, 4.69) is 37.4 Å². The van der Waals surface area contributed by atoms with E-state index in [0.29, 0.717) is 18.1 Å². The molecule has 0 saturated heterocycles. The molecule has 1 aromatic rings. The first-order valence-corrected chi connectivity index (χ1v) is 6.58. The van der Waals surface area contributed by atoms with Crippen LogP contribution in [0.4, 0.5) is 5.69 Å². The summed E-state index contributed by atoms with van der Waals surface area (Å²) in [4.78, 5) is 12.1. The number of rotatable bonds is 5. The lowest BCUT2D eigenvalue weighted by Crippen LogP contribution is -2.15. The molecule has 0 radical (unpaired) electrons. The standard InChI is InChI=1S/C15H21NO/c1-3-6-11(2)15(17)9-12-10-16-14-8-5-4-7-13(12)14/h4-5,7-8,11-12,16H,3,6,9-10H2,1-2H3. The molecule has 2 atom stereocenters. The van der Waals surface area contributed by atoms with Crippen molar-refractivity contribution in [3.8, 4) is 0 Å². The Kier molecular flexibility index (Phi) is 3.82. The highest BCUT2D eigenvalue weighted by Crippen LogP contribution is 2.34. The van der Waals surface area contributed by atoms with Gasteiger partial charge in [0.1, 0.15) is 5.78 Å². The number of benzene rings is 1. The van der Waals surface area contributed by atoms with E-state index in [4.69, 9.17) is 0 Å². The van der Waals surface area contributed by atoms with Crippen molar-refractivity contribution in [2.45, 2.75) is 39.0 Å². The van der Waals surface area contributed by atoms with Crippen LogP contribution in [0.2, 0.25) is 0 Å². The number of fused-ring (bicyclic) bond motifs is 1. The van der Waals surface area contributed by atoms with Crippen LogP contribution in [0.15, 0.2) is 24.3 Å². The largest absolute Gasteiger partial charge is 0.384 e. The topological polar surface area (TPSA) is 29.1 Å². The summed E-state index contributed by atoms with van der Waals surface area (Å²) in [7, 11) is 0. The molecule has 0 aliphatic carbocycles. The van der Waals surface area contributed by atoms with Gasteiger partial charge in [-0.05, 0) is 18.1 Å². The predicted octanol–water partition coefficient (Wildman–Crippen LogP) is 3.59. The van der Waals surface area contributed by atoms with Gasteiger partial charge in [0, 0.05) is 30.5 Å². The van der Waals surface area contributed by atoms with E-state index in [1.807, 2.05) is 6.07 Å². The van der Waals surface area contributed by atoms with E-state index in [1.165, 1.54) is 11.3 Å². The number of hydrogen-bond acceptors (Lipinski definition) is 2. The lowest BCUT2D eigenvalue weighted by atomic mass is 9.90. The third kappa shape index (κ3) is 2.68. The van der Waals surface area contributed by atoms with Crippen LogP contribution in [0.3, 0.4) is 0 Å². The maximum atomic E-state index is 12.1. The minimum atomic E-state index is 0.216. The molecule has 2 unspecified atom stereocenters. The van der Waals surface area contributed by atoms with Gasteiger partial charge in [0.2, 0.25) is 0 Å². The van der Waals surface area contributed by atoms with E-state index in [-0.39, 0.29) is 5.92 Å². The zero-order chi connectivity index (χ0) is 12.3. The van der Waals surface area contributed by atoms with E-state index in [1.54, 1.807) is 0 Å². The van der Waals surface area contributed by atoms with Crippen molar-refractivity contribution >= 4 is 11.5 Å². The van der Waals surface area contributed by atoms with Crippen molar-refractivity contribution in [1.82, 2.24) is 0 Å². The van der Waals surface area contributed by atoms with Gasteiger partial charge >= 0.3 is 0 Å². The third-order valence-electron chi connectivity index (χ3n) is 3.66. The van der Waals surface area contributed by atoms with Gasteiger partial charge in [-0.25, -0.2) is 0 Å². The van der Waals surface area contributed by atoms with Gasteiger partial charge in [-0.3, -0.25) is 4.79 Å². The van der Waals surface area contributed by atoms with Gasteiger partial charge in [-0.2, -0.15) is 0 Å². The van der Waals surface area contributed by atoms with Gasteiger partial charge < -0.3 is 5.32 Å². The molecule has 2 heteroatoms. The van der Waals surface area contributed by atoms with Crippen LogP contribution < -0.4 is 5.32 Å². The zero-order valence-electron chi connectivity index (χ0n) is 10.7. The summed E-state index contributed by atoms with van der Waals surface area (Å²) in [6.07, 6.45) is 2.79. The molecule has 17 heavy (non-hydrogen) atoms. The summed E-state index contributed by atoms with van der Waals surface area (Å²) in [6, 6.07) is 8.32. The average Bonchev–Trinajstić information content (AvgIpc) is 2.73. The number of hydrogen-bond donors (Lipinski definition) is 1. The first-order valence-electron chi connectivity index (χ1n) is 6.58. The molecule has 2 rings (SSSR count). The molecule has 0 bridgehead atoms. The van der Waals surface area contributed by atoms with Crippen LogP contribution >= 0.6 is 0 Å². The number of para-hydroxylation sites is 1. The molecule has 1 heterocycles. The van der Waals surface area contributed by atoms with Crippen LogP contribution in [0, 0.1) is 5.92 Å². The summed E-state index contributed by atoms with van der Waals surface area (Å²) < 4.78 is 0. The molecule has 1 aromatic carbocycles. The fourth-order valence-corrected chi connectivity index (χ4v) is 2.58. The molecule has 0 aromatic heterocycles. The number of carbonyl (C=O) groups excluding carboxylic acids is 1. The molecule has 2 nitrogen and oxygen atoms in total. The summed E-state index contributed by atoms with van der Waals surface area (Å²) in [5.41, 5.74) is 2.51. The summed E-state index contributed by atoms with van der Waals surface area (Å²) >= 11 is 0. The molecule has 92 valence electrons. The van der Waals surface area contributed by atoms with Gasteiger partial charge in [0.05, 0.1) is 0 Å². The molecular formula is C15H21NO. The number of Topliss-reactive ketones (excluding diaryl/α,β-unsaturated/α-hetero) is 1. The molecule has 0 amide bonds. The minimum absolute atomic E-state index is 0.216. The Morgan fingerprint density at radius 1 is 1.47 bits per heavy atom. The van der Waals surface area contributed by atoms with Gasteiger partial charge in [0.15, 0.2) is 0 Å². The SMILES string of the molecule is CCCC(C)C(=O)CC1CNc2ccccc21. The summed E-state index contributed by atoms with van der Waals surface area (Å²) in [6.45, 7) is 5.10. The first-order chi connectivity index (χ1) is 8.22. The fraction of sp³-hybridized carbons (Fsp3) is 0.533. The molecule has 1 aliphatic rings. The molecule has 0 fully saturated rings. The normalized spacial score (nSPS) is 19.5. The lowest BCUT2D eigenvalue weighted by Gasteiger charge is -2.13. The van der Waals surface area contributed by atoms with E-state index < -0.39 is 0 Å². The number of anilines is 1. The van der Waals surface area contributed by atoms with Crippen LogP contribution in [0.1, 0.15) is 44.6 Å². The number of ketones is 1. The van der Waals surface area contributed by atoms with Crippen molar-refractivity contribution in [2.75, 3.05) is 11.9 Å². The Labute approximate surface area is 103 Å². The zero-order valence-corrected chi connectivity index (χ0v) is 10.7. The second kappa shape index (κ2) is 5.35. The smallest absolute Gasteiger partial charge is 0.136 e. The first kappa shape index (κ1) is 12.2. The average molecular weight is 231 g/mol. The Morgan fingerprint density at radius 2 is 2.24 bits per heavy atom. The Balaban J connectivity index is 2.00. The third-order valence-corrected chi connectivity index (χ3v) is 3.66. The summed E-state index contributed by atoms with van der Waals surface area (Å²) in [5.74, 6) is 1.00. The molecular weight excluding hydrogens is 210 g/mol. The Hall–Kier alpha value is -1.31. The van der Waals surface area contributed by atoms with Gasteiger partial charge in [-0.1, -0.05) is 38.5 Å². The van der Waals surface area contributed by atoms with E-state index in [0.717, 1.165) is 19.4 Å². The second-order valence-corrected chi connectivity index (χ2v) is 5.03. The van der Waals surface area contributed by atoms with Gasteiger partial charge in [-0.15, -0.1) is 0 Å². The molecule has 0 spiro atoms. The number of nitrogens with one attached hydrogen (secondary N) is 1. The molecule has 1 aliphatic heterocycles. The maximum Gasteiger partial charge on any atom is 0.136 e. The van der Waals surface area contributed by atoms with Crippen molar-refractivity contribution in [3.63, 3.8) is 0 Å². The van der Waals surface area contributed by atoms with Crippen molar-refractivity contribution < 1.29 is 4.79 Å². The lowest BCUT2D eigenvalue weighted by molar-refractivity contribution is -0.122. The van der Waals surface area contributed by atoms with Crippen molar-refractivity contribution in [1.29, 1.82) is 0 Å². The quantitative estimate of drug-likeness (QED) is 0.839.